The van der Waals surface area contributed by atoms with Crippen molar-refractivity contribution in [2.45, 2.75) is 25.2 Å². The lowest BCUT2D eigenvalue weighted by molar-refractivity contribution is -0.175. The Morgan fingerprint density at radius 1 is 1.24 bits per heavy atom. The van der Waals surface area contributed by atoms with Gasteiger partial charge in [0.25, 0.3) is 0 Å². The molecule has 0 unspecified atom stereocenters. The highest BCUT2D eigenvalue weighted by Crippen LogP contribution is 2.08. The highest BCUT2D eigenvalue weighted by molar-refractivity contribution is 5.88. The third kappa shape index (κ3) is 4.47. The van der Waals surface area contributed by atoms with Crippen molar-refractivity contribution >= 4 is 17.7 Å². The van der Waals surface area contributed by atoms with Crippen LogP contribution in [0.3, 0.4) is 0 Å². The number of carbonyl (C=O) groups excluding carboxylic acids is 3. The van der Waals surface area contributed by atoms with E-state index in [2.05, 4.69) is 9.47 Å². The first-order valence-corrected chi connectivity index (χ1v) is 4.59. The summed E-state index contributed by atoms with van der Waals surface area (Å²) in [6.07, 6.45) is -5.89. The topological polar surface area (TPSA) is 130 Å². The van der Waals surface area contributed by atoms with Crippen LogP contribution in [-0.4, -0.2) is 65.1 Å². The largest absolute Gasteiger partial charge is 0.467 e. The smallest absolute Gasteiger partial charge is 0.337 e. The number of hydrogen-bond acceptors (Lipinski definition) is 8. The lowest BCUT2D eigenvalue weighted by atomic mass is 10.0. The van der Waals surface area contributed by atoms with Gasteiger partial charge in [0.15, 0.2) is 12.2 Å². The number of carbonyl (C=O) groups is 3. The number of ether oxygens (including phenoxy) is 2. The fourth-order valence-electron chi connectivity index (χ4n) is 1.02. The molecule has 3 N–H and O–H groups in total. The van der Waals surface area contributed by atoms with Gasteiger partial charge >= 0.3 is 11.9 Å². The number of Topliss-reactive ketones (excluding diaryl/α,β-unsaturated/α-hetero) is 1. The zero-order chi connectivity index (χ0) is 13.6. The van der Waals surface area contributed by atoms with Gasteiger partial charge in [-0.1, -0.05) is 0 Å². The zero-order valence-electron chi connectivity index (χ0n) is 9.32. The maximum Gasteiger partial charge on any atom is 0.337 e. The van der Waals surface area contributed by atoms with E-state index in [0.717, 1.165) is 14.0 Å². The van der Waals surface area contributed by atoms with Gasteiger partial charge < -0.3 is 24.8 Å². The second-order valence-corrected chi connectivity index (χ2v) is 3.11. The van der Waals surface area contributed by atoms with Crippen LogP contribution in [0.1, 0.15) is 6.92 Å². The van der Waals surface area contributed by atoms with E-state index in [1.165, 1.54) is 0 Å². The highest BCUT2D eigenvalue weighted by atomic mass is 16.6. The number of ketones is 1. The number of aliphatic hydroxyl groups is 3. The third-order valence-electron chi connectivity index (χ3n) is 1.84. The molecule has 0 saturated heterocycles. The van der Waals surface area contributed by atoms with E-state index in [1.54, 1.807) is 0 Å². The summed E-state index contributed by atoms with van der Waals surface area (Å²) in [4.78, 5) is 32.7. The molecule has 17 heavy (non-hydrogen) atoms. The number of hydrogen-bond donors (Lipinski definition) is 3. The first-order valence-electron chi connectivity index (χ1n) is 4.59. The molecule has 0 rings (SSSR count). The van der Waals surface area contributed by atoms with Gasteiger partial charge in [-0.3, -0.25) is 9.59 Å². The minimum Gasteiger partial charge on any atom is -0.467 e. The molecule has 0 spiro atoms. The molecule has 98 valence electrons. The van der Waals surface area contributed by atoms with Crippen LogP contribution >= 0.6 is 0 Å². The van der Waals surface area contributed by atoms with Gasteiger partial charge in [0.05, 0.1) is 7.11 Å². The molecule has 0 radical (unpaired) electrons. The number of esters is 2. The first kappa shape index (κ1) is 15.5. The van der Waals surface area contributed by atoms with Crippen molar-refractivity contribution in [1.82, 2.24) is 0 Å². The summed E-state index contributed by atoms with van der Waals surface area (Å²) in [7, 11) is 0.965. The minimum absolute atomic E-state index is 0.909. The predicted octanol–water partition coefficient (Wildman–Crippen LogP) is -2.63. The molecule has 8 heteroatoms. The SMILES string of the molecule is COC(=O)[C@@H](O)[C@H](O)[C@H](OC(C)=O)C(=O)CO. The Kier molecular flexibility index (Phi) is 6.33. The van der Waals surface area contributed by atoms with Gasteiger partial charge in [-0.25, -0.2) is 4.79 Å². The summed E-state index contributed by atoms with van der Waals surface area (Å²) in [6.45, 7) is -0.0439. The molecule has 0 heterocycles. The summed E-state index contributed by atoms with van der Waals surface area (Å²) in [5, 5.41) is 27.3. The average Bonchev–Trinajstić information content (AvgIpc) is 2.31. The van der Waals surface area contributed by atoms with Crippen LogP contribution in [0, 0.1) is 0 Å². The van der Waals surface area contributed by atoms with Crippen molar-refractivity contribution in [3.63, 3.8) is 0 Å². The van der Waals surface area contributed by atoms with E-state index in [1.807, 2.05) is 0 Å². The van der Waals surface area contributed by atoms with Gasteiger partial charge in [0.1, 0.15) is 12.7 Å². The molecule has 0 aliphatic carbocycles. The van der Waals surface area contributed by atoms with Crippen LogP contribution in [0.4, 0.5) is 0 Å². The second kappa shape index (κ2) is 6.94. The summed E-state index contributed by atoms with van der Waals surface area (Å²) in [5.41, 5.74) is 0. The second-order valence-electron chi connectivity index (χ2n) is 3.11. The maximum atomic E-state index is 11.2. The molecule has 8 nitrogen and oxygen atoms in total. The first-order chi connectivity index (χ1) is 7.84. The molecular formula is C9H14O8. The van der Waals surface area contributed by atoms with Gasteiger partial charge in [0.2, 0.25) is 5.78 Å². The van der Waals surface area contributed by atoms with E-state index >= 15 is 0 Å². The molecule has 0 fully saturated rings. The lowest BCUT2D eigenvalue weighted by Gasteiger charge is -2.23. The Labute approximate surface area is 96.8 Å². The van der Waals surface area contributed by atoms with Crippen molar-refractivity contribution < 1.29 is 39.2 Å². The van der Waals surface area contributed by atoms with Crippen molar-refractivity contribution in [2.24, 2.45) is 0 Å². The molecule has 0 aromatic rings. The Morgan fingerprint density at radius 3 is 2.12 bits per heavy atom. The van der Waals surface area contributed by atoms with E-state index in [0.29, 0.717) is 0 Å². The fourth-order valence-corrected chi connectivity index (χ4v) is 1.02. The van der Waals surface area contributed by atoms with Crippen LogP contribution in [0.5, 0.6) is 0 Å². The quantitative estimate of drug-likeness (QED) is 0.436. The normalized spacial score (nSPS) is 15.6. The molecule has 0 aromatic carbocycles. The Bertz CT molecular complexity index is 299. The Morgan fingerprint density at radius 2 is 1.76 bits per heavy atom. The maximum absolute atomic E-state index is 11.2. The molecule has 0 aromatic heterocycles. The minimum atomic E-state index is -2.06. The Hall–Kier alpha value is -1.51. The van der Waals surface area contributed by atoms with Crippen LogP contribution in [0.25, 0.3) is 0 Å². The van der Waals surface area contributed by atoms with E-state index < -0.39 is 42.6 Å². The van der Waals surface area contributed by atoms with Crippen molar-refractivity contribution in [3.05, 3.63) is 0 Å². The third-order valence-corrected chi connectivity index (χ3v) is 1.84. The van der Waals surface area contributed by atoms with Crippen LogP contribution in [0.2, 0.25) is 0 Å². The summed E-state index contributed by atoms with van der Waals surface area (Å²) < 4.78 is 8.55. The summed E-state index contributed by atoms with van der Waals surface area (Å²) in [6, 6.07) is 0. The predicted molar refractivity (Wildman–Crippen MR) is 51.7 cm³/mol. The van der Waals surface area contributed by atoms with Crippen LogP contribution in [-0.2, 0) is 23.9 Å². The lowest BCUT2D eigenvalue weighted by Crippen LogP contribution is -2.49. The summed E-state index contributed by atoms with van der Waals surface area (Å²) >= 11 is 0. The van der Waals surface area contributed by atoms with Crippen molar-refractivity contribution in [1.29, 1.82) is 0 Å². The average molecular weight is 250 g/mol. The molecule has 0 aliphatic heterocycles. The number of rotatable bonds is 6. The molecule has 3 atom stereocenters. The van der Waals surface area contributed by atoms with Crippen LogP contribution in [0.15, 0.2) is 0 Å². The molecule has 0 aliphatic rings. The van der Waals surface area contributed by atoms with E-state index in [9.17, 15) is 24.6 Å². The van der Waals surface area contributed by atoms with Gasteiger partial charge in [-0.15, -0.1) is 0 Å². The molecule has 0 amide bonds. The highest BCUT2D eigenvalue weighted by Gasteiger charge is 2.38. The van der Waals surface area contributed by atoms with Crippen molar-refractivity contribution in [3.8, 4) is 0 Å². The Balaban J connectivity index is 4.85. The van der Waals surface area contributed by atoms with Crippen LogP contribution < -0.4 is 0 Å². The van der Waals surface area contributed by atoms with Crippen molar-refractivity contribution in [2.75, 3.05) is 13.7 Å². The van der Waals surface area contributed by atoms with E-state index in [4.69, 9.17) is 5.11 Å². The molecule has 0 saturated carbocycles. The molecule has 0 bridgehead atoms. The standard InChI is InChI=1S/C9H14O8/c1-4(11)17-8(5(12)3-10)6(13)7(14)9(15)16-2/h6-8,10,13-14H,3H2,1-2H3/t6-,7-,8+/m0/s1. The summed E-state index contributed by atoms with van der Waals surface area (Å²) in [5.74, 6) is -3.15. The van der Waals surface area contributed by atoms with Gasteiger partial charge in [0, 0.05) is 6.92 Å². The monoisotopic (exact) mass is 250 g/mol. The number of aliphatic hydroxyl groups excluding tert-OH is 3. The van der Waals surface area contributed by atoms with Gasteiger partial charge in [-0.05, 0) is 0 Å². The number of methoxy groups -OCH3 is 1. The molecular weight excluding hydrogens is 236 g/mol. The van der Waals surface area contributed by atoms with E-state index in [-0.39, 0.29) is 0 Å². The zero-order valence-corrected chi connectivity index (χ0v) is 9.32. The van der Waals surface area contributed by atoms with Gasteiger partial charge in [-0.2, -0.15) is 0 Å². The fraction of sp³-hybridized carbons (Fsp3) is 0.667.